The quantitative estimate of drug-likeness (QED) is 0.756. The van der Waals surface area contributed by atoms with E-state index in [9.17, 15) is 14.7 Å². The van der Waals surface area contributed by atoms with Gasteiger partial charge in [0.1, 0.15) is 6.04 Å². The lowest BCUT2D eigenvalue weighted by molar-refractivity contribution is -0.139. The maximum atomic E-state index is 12.5. The van der Waals surface area contributed by atoms with E-state index in [2.05, 4.69) is 20.5 Å². The Morgan fingerprint density at radius 1 is 1.41 bits per heavy atom. The van der Waals surface area contributed by atoms with Crippen LogP contribution in [-0.2, 0) is 4.79 Å². The van der Waals surface area contributed by atoms with Crippen LogP contribution in [0.2, 0.25) is 0 Å². The van der Waals surface area contributed by atoms with Crippen LogP contribution in [0.15, 0.2) is 6.07 Å². The maximum Gasteiger partial charge on any atom is 0.326 e. The van der Waals surface area contributed by atoms with Gasteiger partial charge in [-0.25, -0.2) is 9.78 Å². The van der Waals surface area contributed by atoms with Gasteiger partial charge in [0.05, 0.1) is 10.9 Å². The van der Waals surface area contributed by atoms with E-state index in [1.165, 1.54) is 0 Å². The molecule has 0 aliphatic heterocycles. The number of pyridine rings is 1. The smallest absolute Gasteiger partial charge is 0.326 e. The van der Waals surface area contributed by atoms with Gasteiger partial charge >= 0.3 is 5.97 Å². The van der Waals surface area contributed by atoms with Gasteiger partial charge in [-0.05, 0) is 26.3 Å². The zero-order chi connectivity index (χ0) is 16.3. The third-order valence-corrected chi connectivity index (χ3v) is 3.53. The molecule has 0 saturated heterocycles. The number of carbonyl (C=O) groups excluding carboxylic acids is 1. The van der Waals surface area contributed by atoms with Crippen molar-refractivity contribution in [2.45, 2.75) is 46.1 Å². The van der Waals surface area contributed by atoms with Crippen molar-refractivity contribution < 1.29 is 14.7 Å². The number of nitrogens with one attached hydrogen (secondary N) is 2. The Balaban J connectivity index is 2.32. The standard InChI is InChI=1S/C15H20N4O3/c1-4-5-6-11(15(21)22)17-14(20)10-7-8(2)16-13-12(10)9(3)18-19-13/h7,11H,4-6H2,1-3H3,(H,17,20)(H,21,22)(H,16,18,19)/t11-/m0/s1. The fraction of sp³-hybridized carbons (Fsp3) is 0.467. The van der Waals surface area contributed by atoms with Crippen LogP contribution in [0.5, 0.6) is 0 Å². The first-order chi connectivity index (χ1) is 10.4. The van der Waals surface area contributed by atoms with E-state index < -0.39 is 17.9 Å². The van der Waals surface area contributed by atoms with Crippen LogP contribution in [0.25, 0.3) is 11.0 Å². The molecule has 2 rings (SSSR count). The monoisotopic (exact) mass is 304 g/mol. The normalized spacial score (nSPS) is 12.3. The number of aliphatic carboxylic acids is 1. The number of carboxylic acid groups (broad SMARTS) is 1. The van der Waals surface area contributed by atoms with E-state index >= 15 is 0 Å². The molecule has 0 spiro atoms. The van der Waals surface area contributed by atoms with Gasteiger partial charge in [0.2, 0.25) is 0 Å². The number of H-pyrrole nitrogens is 1. The predicted octanol–water partition coefficient (Wildman–Crippen LogP) is 1.95. The van der Waals surface area contributed by atoms with Gasteiger partial charge in [0.15, 0.2) is 5.65 Å². The van der Waals surface area contributed by atoms with E-state index in [-0.39, 0.29) is 0 Å². The van der Waals surface area contributed by atoms with Gasteiger partial charge in [0.25, 0.3) is 5.91 Å². The minimum absolute atomic E-state index is 0.400. The zero-order valence-corrected chi connectivity index (χ0v) is 12.9. The highest BCUT2D eigenvalue weighted by Gasteiger charge is 2.22. The van der Waals surface area contributed by atoms with Crippen molar-refractivity contribution in [1.82, 2.24) is 20.5 Å². The van der Waals surface area contributed by atoms with Crippen LogP contribution in [0, 0.1) is 13.8 Å². The number of unbranched alkanes of at least 4 members (excludes halogenated alkanes) is 1. The average molecular weight is 304 g/mol. The number of hydrogen-bond donors (Lipinski definition) is 3. The third kappa shape index (κ3) is 3.24. The summed E-state index contributed by atoms with van der Waals surface area (Å²) in [6, 6.07) is 0.766. The minimum atomic E-state index is -1.02. The summed E-state index contributed by atoms with van der Waals surface area (Å²) in [6.07, 6.45) is 2.03. The van der Waals surface area contributed by atoms with Crippen molar-refractivity contribution in [3.8, 4) is 0 Å². The van der Waals surface area contributed by atoms with Crippen LogP contribution in [0.3, 0.4) is 0 Å². The first-order valence-electron chi connectivity index (χ1n) is 7.30. The molecule has 0 aliphatic carbocycles. The molecule has 0 bridgehead atoms. The second-order valence-electron chi connectivity index (χ2n) is 5.36. The number of aromatic amines is 1. The van der Waals surface area contributed by atoms with Gasteiger partial charge in [-0.3, -0.25) is 9.89 Å². The number of aryl methyl sites for hydroxylation is 2. The number of aromatic nitrogens is 3. The number of rotatable bonds is 6. The highest BCUT2D eigenvalue weighted by molar-refractivity contribution is 6.07. The number of carbonyl (C=O) groups is 2. The molecule has 3 N–H and O–H groups in total. The predicted molar refractivity (Wildman–Crippen MR) is 81.8 cm³/mol. The number of amides is 1. The molecule has 0 fully saturated rings. The topological polar surface area (TPSA) is 108 Å². The van der Waals surface area contributed by atoms with Crippen LogP contribution >= 0.6 is 0 Å². The van der Waals surface area contributed by atoms with Crippen molar-refractivity contribution in [1.29, 1.82) is 0 Å². The summed E-state index contributed by atoms with van der Waals surface area (Å²) in [7, 11) is 0. The maximum absolute atomic E-state index is 12.5. The molecule has 0 radical (unpaired) electrons. The van der Waals surface area contributed by atoms with Gasteiger partial charge in [-0.1, -0.05) is 19.8 Å². The van der Waals surface area contributed by atoms with Gasteiger partial charge in [-0.2, -0.15) is 5.10 Å². The average Bonchev–Trinajstić information content (AvgIpc) is 2.83. The Morgan fingerprint density at radius 3 is 2.77 bits per heavy atom. The molecule has 1 amide bonds. The summed E-state index contributed by atoms with van der Waals surface area (Å²) in [5.41, 5.74) is 2.25. The minimum Gasteiger partial charge on any atom is -0.480 e. The largest absolute Gasteiger partial charge is 0.480 e. The molecular weight excluding hydrogens is 284 g/mol. The van der Waals surface area contributed by atoms with Crippen LogP contribution < -0.4 is 5.32 Å². The summed E-state index contributed by atoms with van der Waals surface area (Å²) in [5.74, 6) is -1.43. The summed E-state index contributed by atoms with van der Waals surface area (Å²) >= 11 is 0. The van der Waals surface area contributed by atoms with E-state index in [4.69, 9.17) is 0 Å². The second kappa shape index (κ2) is 6.55. The van der Waals surface area contributed by atoms with Crippen molar-refractivity contribution in [2.24, 2.45) is 0 Å². The first kappa shape index (κ1) is 15.9. The fourth-order valence-corrected chi connectivity index (χ4v) is 2.38. The molecule has 0 aromatic carbocycles. The van der Waals surface area contributed by atoms with E-state index in [1.807, 2.05) is 6.92 Å². The number of carboxylic acids is 1. The molecule has 22 heavy (non-hydrogen) atoms. The summed E-state index contributed by atoms with van der Waals surface area (Å²) in [5, 5.41) is 19.3. The van der Waals surface area contributed by atoms with Crippen molar-refractivity contribution in [3.05, 3.63) is 23.0 Å². The molecule has 2 aromatic heterocycles. The molecule has 2 aromatic rings. The Morgan fingerprint density at radius 2 is 2.14 bits per heavy atom. The Labute approximate surface area is 128 Å². The van der Waals surface area contributed by atoms with Gasteiger partial charge in [-0.15, -0.1) is 0 Å². The molecule has 0 saturated carbocycles. The van der Waals surface area contributed by atoms with Gasteiger partial charge < -0.3 is 10.4 Å². The zero-order valence-electron chi connectivity index (χ0n) is 12.9. The van der Waals surface area contributed by atoms with Gasteiger partial charge in [0, 0.05) is 11.4 Å². The fourth-order valence-electron chi connectivity index (χ4n) is 2.38. The molecule has 118 valence electrons. The molecule has 7 heteroatoms. The summed E-state index contributed by atoms with van der Waals surface area (Å²) in [6.45, 7) is 5.55. The van der Waals surface area contributed by atoms with Crippen molar-refractivity contribution >= 4 is 22.9 Å². The second-order valence-corrected chi connectivity index (χ2v) is 5.36. The number of fused-ring (bicyclic) bond motifs is 1. The lowest BCUT2D eigenvalue weighted by atomic mass is 10.1. The highest BCUT2D eigenvalue weighted by Crippen LogP contribution is 2.20. The molecule has 2 heterocycles. The lowest BCUT2D eigenvalue weighted by Crippen LogP contribution is -2.40. The van der Waals surface area contributed by atoms with Crippen molar-refractivity contribution in [2.75, 3.05) is 0 Å². The number of nitrogens with zero attached hydrogens (tertiary/aromatic N) is 2. The van der Waals surface area contributed by atoms with Crippen LogP contribution in [0.4, 0.5) is 0 Å². The highest BCUT2D eigenvalue weighted by atomic mass is 16.4. The lowest BCUT2D eigenvalue weighted by Gasteiger charge is -2.14. The summed E-state index contributed by atoms with van der Waals surface area (Å²) < 4.78 is 0. The van der Waals surface area contributed by atoms with E-state index in [0.717, 1.165) is 18.5 Å². The molecule has 1 atom stereocenters. The third-order valence-electron chi connectivity index (χ3n) is 3.53. The Kier molecular flexibility index (Phi) is 4.75. The first-order valence-corrected chi connectivity index (χ1v) is 7.30. The van der Waals surface area contributed by atoms with E-state index in [0.29, 0.717) is 28.7 Å². The van der Waals surface area contributed by atoms with E-state index in [1.54, 1.807) is 19.9 Å². The molecule has 0 unspecified atom stereocenters. The Bertz CT molecular complexity index is 708. The van der Waals surface area contributed by atoms with Crippen molar-refractivity contribution in [3.63, 3.8) is 0 Å². The van der Waals surface area contributed by atoms with Crippen LogP contribution in [0.1, 0.15) is 47.9 Å². The summed E-state index contributed by atoms with van der Waals surface area (Å²) in [4.78, 5) is 28.0. The molecule has 0 aliphatic rings. The van der Waals surface area contributed by atoms with Crippen LogP contribution in [-0.4, -0.2) is 38.2 Å². The molecular formula is C15H20N4O3. The number of hydrogen-bond acceptors (Lipinski definition) is 4. The Hall–Kier alpha value is -2.44. The SMILES string of the molecule is CCCC[C@H](NC(=O)c1cc(C)nc2n[nH]c(C)c12)C(=O)O. The molecule has 7 nitrogen and oxygen atoms in total.